The van der Waals surface area contributed by atoms with Crippen molar-refractivity contribution in [2.75, 3.05) is 13.1 Å². The van der Waals surface area contributed by atoms with Gasteiger partial charge in [-0.15, -0.1) is 0 Å². The maximum Gasteiger partial charge on any atom is 0.234 e. The number of rotatable bonds is 4. The molecule has 1 heterocycles. The molecule has 1 aliphatic heterocycles. The SMILES string of the molecule is CCC1CN(C(CC)C(N)=O)CCC1=O. The van der Waals surface area contributed by atoms with Gasteiger partial charge in [0.25, 0.3) is 0 Å². The Balaban J connectivity index is 2.64. The van der Waals surface area contributed by atoms with Crippen LogP contribution in [0.1, 0.15) is 33.1 Å². The Bertz CT molecular complexity index is 253. The number of carbonyl (C=O) groups is 2. The van der Waals surface area contributed by atoms with E-state index in [-0.39, 0.29) is 17.9 Å². The van der Waals surface area contributed by atoms with E-state index in [1.54, 1.807) is 0 Å². The molecule has 0 aliphatic carbocycles. The lowest BCUT2D eigenvalue weighted by Crippen LogP contribution is -2.51. The van der Waals surface area contributed by atoms with Crippen molar-refractivity contribution in [2.24, 2.45) is 11.7 Å². The van der Waals surface area contributed by atoms with Crippen molar-refractivity contribution in [3.63, 3.8) is 0 Å². The predicted molar refractivity (Wildman–Crippen MR) is 58.3 cm³/mol. The summed E-state index contributed by atoms with van der Waals surface area (Å²) in [5, 5.41) is 0. The van der Waals surface area contributed by atoms with E-state index in [9.17, 15) is 9.59 Å². The first-order chi connectivity index (χ1) is 7.10. The Labute approximate surface area is 90.8 Å². The van der Waals surface area contributed by atoms with E-state index >= 15 is 0 Å². The van der Waals surface area contributed by atoms with Crippen LogP contribution in [0.5, 0.6) is 0 Å². The van der Waals surface area contributed by atoms with Crippen LogP contribution in [0.2, 0.25) is 0 Å². The van der Waals surface area contributed by atoms with Crippen molar-refractivity contribution < 1.29 is 9.59 Å². The van der Waals surface area contributed by atoms with Crippen molar-refractivity contribution in [2.45, 2.75) is 39.2 Å². The number of hydrogen-bond acceptors (Lipinski definition) is 3. The van der Waals surface area contributed by atoms with Crippen LogP contribution in [-0.4, -0.2) is 35.7 Å². The molecule has 0 radical (unpaired) electrons. The van der Waals surface area contributed by atoms with Gasteiger partial charge in [0.15, 0.2) is 0 Å². The highest BCUT2D eigenvalue weighted by molar-refractivity contribution is 5.83. The number of ketones is 1. The van der Waals surface area contributed by atoms with Crippen molar-refractivity contribution in [3.05, 3.63) is 0 Å². The molecule has 1 aliphatic rings. The van der Waals surface area contributed by atoms with Crippen LogP contribution in [0.15, 0.2) is 0 Å². The van der Waals surface area contributed by atoms with E-state index in [0.717, 1.165) is 12.8 Å². The quantitative estimate of drug-likeness (QED) is 0.740. The number of primary amides is 1. The average Bonchev–Trinajstić information content (AvgIpc) is 2.21. The maximum absolute atomic E-state index is 11.5. The largest absolute Gasteiger partial charge is 0.368 e. The van der Waals surface area contributed by atoms with E-state index in [1.165, 1.54) is 0 Å². The first-order valence-corrected chi connectivity index (χ1v) is 5.66. The van der Waals surface area contributed by atoms with Gasteiger partial charge < -0.3 is 5.73 Å². The van der Waals surface area contributed by atoms with Crippen LogP contribution in [0.3, 0.4) is 0 Å². The molecule has 2 N–H and O–H groups in total. The monoisotopic (exact) mass is 212 g/mol. The summed E-state index contributed by atoms with van der Waals surface area (Å²) in [4.78, 5) is 24.8. The summed E-state index contributed by atoms with van der Waals surface area (Å²) in [6.45, 7) is 5.33. The molecule has 0 aromatic rings. The van der Waals surface area contributed by atoms with Gasteiger partial charge in [0.2, 0.25) is 5.91 Å². The number of likely N-dealkylation sites (tertiary alicyclic amines) is 1. The smallest absolute Gasteiger partial charge is 0.234 e. The molecule has 1 saturated heterocycles. The molecule has 0 saturated carbocycles. The van der Waals surface area contributed by atoms with Crippen LogP contribution >= 0.6 is 0 Å². The van der Waals surface area contributed by atoms with E-state index in [1.807, 2.05) is 13.8 Å². The van der Waals surface area contributed by atoms with Crippen LogP contribution in [0, 0.1) is 5.92 Å². The maximum atomic E-state index is 11.5. The minimum absolute atomic E-state index is 0.0900. The zero-order valence-electron chi connectivity index (χ0n) is 9.53. The predicted octanol–water partition coefficient (Wildman–Crippen LogP) is 0.551. The highest BCUT2D eigenvalue weighted by Gasteiger charge is 2.31. The Hall–Kier alpha value is -0.900. The molecular weight excluding hydrogens is 192 g/mol. The van der Waals surface area contributed by atoms with Gasteiger partial charge in [0, 0.05) is 25.4 Å². The Kier molecular flexibility index (Phi) is 4.27. The number of amides is 1. The third-order valence-electron chi connectivity index (χ3n) is 3.20. The van der Waals surface area contributed by atoms with E-state index in [0.29, 0.717) is 25.3 Å². The summed E-state index contributed by atoms with van der Waals surface area (Å²) in [6, 6.07) is -0.202. The molecule has 2 unspecified atom stereocenters. The number of nitrogens with zero attached hydrogens (tertiary/aromatic N) is 1. The molecule has 2 atom stereocenters. The number of hydrogen-bond donors (Lipinski definition) is 1. The number of Topliss-reactive ketones (excluding diaryl/α,β-unsaturated/α-hetero) is 1. The van der Waals surface area contributed by atoms with Crippen LogP contribution in [0.4, 0.5) is 0 Å². The fourth-order valence-corrected chi connectivity index (χ4v) is 2.21. The van der Waals surface area contributed by atoms with E-state index < -0.39 is 0 Å². The highest BCUT2D eigenvalue weighted by atomic mass is 16.1. The Morgan fingerprint density at radius 3 is 2.73 bits per heavy atom. The lowest BCUT2D eigenvalue weighted by molar-refractivity contribution is -0.131. The van der Waals surface area contributed by atoms with Crippen LogP contribution < -0.4 is 5.73 Å². The molecule has 1 rings (SSSR count). The third kappa shape index (κ3) is 2.78. The first kappa shape index (κ1) is 12.2. The number of nitrogens with two attached hydrogens (primary N) is 1. The minimum Gasteiger partial charge on any atom is -0.368 e. The summed E-state index contributed by atoms with van der Waals surface area (Å²) >= 11 is 0. The minimum atomic E-state index is -0.276. The molecule has 0 aromatic carbocycles. The summed E-state index contributed by atoms with van der Waals surface area (Å²) in [6.07, 6.45) is 2.13. The molecule has 4 heteroatoms. The summed E-state index contributed by atoms with van der Waals surface area (Å²) in [7, 11) is 0. The van der Waals surface area contributed by atoms with Gasteiger partial charge in [-0.2, -0.15) is 0 Å². The van der Waals surface area contributed by atoms with Gasteiger partial charge in [0.05, 0.1) is 6.04 Å². The lowest BCUT2D eigenvalue weighted by atomic mass is 9.92. The summed E-state index contributed by atoms with van der Waals surface area (Å²) in [5.74, 6) is 0.141. The first-order valence-electron chi connectivity index (χ1n) is 5.66. The zero-order valence-corrected chi connectivity index (χ0v) is 9.53. The topological polar surface area (TPSA) is 63.4 Å². The van der Waals surface area contributed by atoms with Crippen LogP contribution in [0.25, 0.3) is 0 Å². The van der Waals surface area contributed by atoms with Gasteiger partial charge >= 0.3 is 0 Å². The van der Waals surface area contributed by atoms with E-state index in [4.69, 9.17) is 5.73 Å². The average molecular weight is 212 g/mol. The molecule has 4 nitrogen and oxygen atoms in total. The zero-order chi connectivity index (χ0) is 11.4. The van der Waals surface area contributed by atoms with Crippen molar-refractivity contribution >= 4 is 11.7 Å². The fourth-order valence-electron chi connectivity index (χ4n) is 2.21. The summed E-state index contributed by atoms with van der Waals surface area (Å²) < 4.78 is 0. The van der Waals surface area contributed by atoms with Crippen molar-refractivity contribution in [3.8, 4) is 0 Å². The third-order valence-corrected chi connectivity index (χ3v) is 3.20. The standard InChI is InChI=1S/C11H20N2O2/c1-3-8-7-13(6-5-10(8)14)9(4-2)11(12)15/h8-9H,3-7H2,1-2H3,(H2,12,15). The molecule has 0 bridgehead atoms. The second-order valence-electron chi connectivity index (χ2n) is 4.14. The van der Waals surface area contributed by atoms with Gasteiger partial charge in [0.1, 0.15) is 5.78 Å². The Morgan fingerprint density at radius 1 is 1.60 bits per heavy atom. The Morgan fingerprint density at radius 2 is 2.27 bits per heavy atom. The van der Waals surface area contributed by atoms with Crippen molar-refractivity contribution in [1.82, 2.24) is 4.90 Å². The second-order valence-corrected chi connectivity index (χ2v) is 4.14. The molecule has 1 fully saturated rings. The van der Waals surface area contributed by atoms with Gasteiger partial charge in [-0.05, 0) is 12.8 Å². The lowest BCUT2D eigenvalue weighted by Gasteiger charge is -2.35. The van der Waals surface area contributed by atoms with Gasteiger partial charge in [-0.3, -0.25) is 14.5 Å². The van der Waals surface area contributed by atoms with Crippen LogP contribution in [-0.2, 0) is 9.59 Å². The molecule has 0 spiro atoms. The molecule has 15 heavy (non-hydrogen) atoms. The summed E-state index contributed by atoms with van der Waals surface area (Å²) in [5.41, 5.74) is 5.33. The normalized spacial score (nSPS) is 25.2. The molecule has 86 valence electrons. The van der Waals surface area contributed by atoms with Gasteiger partial charge in [-0.25, -0.2) is 0 Å². The molecule has 0 aromatic heterocycles. The van der Waals surface area contributed by atoms with Gasteiger partial charge in [-0.1, -0.05) is 13.8 Å². The number of carbonyl (C=O) groups excluding carboxylic acids is 2. The second kappa shape index (κ2) is 5.26. The van der Waals surface area contributed by atoms with E-state index in [2.05, 4.69) is 4.90 Å². The highest BCUT2D eigenvalue weighted by Crippen LogP contribution is 2.19. The van der Waals surface area contributed by atoms with Crippen molar-refractivity contribution in [1.29, 1.82) is 0 Å². The fraction of sp³-hybridized carbons (Fsp3) is 0.818. The molecular formula is C11H20N2O2. The molecule has 1 amide bonds. The number of piperidine rings is 1.